The molecule has 0 saturated heterocycles. The molecule has 0 spiro atoms. The summed E-state index contributed by atoms with van der Waals surface area (Å²) in [5.41, 5.74) is 1.19. The third kappa shape index (κ3) is 3.23. The van der Waals surface area contributed by atoms with Crippen LogP contribution in [0.3, 0.4) is 0 Å². The van der Waals surface area contributed by atoms with Crippen molar-refractivity contribution >= 4 is 0 Å². The smallest absolute Gasteiger partial charge is 0.124 e. The summed E-state index contributed by atoms with van der Waals surface area (Å²) in [6.07, 6.45) is 1.75. The number of ether oxygens (including phenoxy) is 1. The van der Waals surface area contributed by atoms with E-state index in [9.17, 15) is 0 Å². The van der Waals surface area contributed by atoms with Crippen LogP contribution < -0.4 is 10.1 Å². The highest BCUT2D eigenvalue weighted by molar-refractivity contribution is 5.33. The second-order valence-corrected chi connectivity index (χ2v) is 2.99. The Kier molecular flexibility index (Phi) is 4.79. The van der Waals surface area contributed by atoms with Crippen LogP contribution in [0.2, 0.25) is 0 Å². The van der Waals surface area contributed by atoms with Gasteiger partial charge in [-0.15, -0.1) is 0 Å². The molecule has 0 aliphatic rings. The van der Waals surface area contributed by atoms with Crippen molar-refractivity contribution in [3.63, 3.8) is 0 Å². The largest absolute Gasteiger partial charge is 0.489 e. The first-order chi connectivity index (χ1) is 6.88. The summed E-state index contributed by atoms with van der Waals surface area (Å²) in [6.45, 7) is 8.10. The summed E-state index contributed by atoms with van der Waals surface area (Å²) >= 11 is 0. The molecule has 0 aliphatic carbocycles. The average Bonchev–Trinajstić information content (AvgIpc) is 2.24. The van der Waals surface area contributed by atoms with E-state index in [-0.39, 0.29) is 0 Å². The first-order valence-electron chi connectivity index (χ1n) is 4.90. The van der Waals surface area contributed by atoms with Gasteiger partial charge >= 0.3 is 0 Å². The minimum absolute atomic E-state index is 0.559. The van der Waals surface area contributed by atoms with Crippen molar-refractivity contribution in [1.29, 1.82) is 0 Å². The zero-order chi connectivity index (χ0) is 10.2. The second kappa shape index (κ2) is 6.22. The lowest BCUT2D eigenvalue weighted by atomic mass is 10.2. The van der Waals surface area contributed by atoms with Gasteiger partial charge in [0.15, 0.2) is 0 Å². The standard InChI is InChI=1S/C12H17NO/c1-3-9-14-12-8-6-5-7-11(12)10-13-4-2/h3,5-8,13H,1,4,9-10H2,2H3. The molecular weight excluding hydrogens is 174 g/mol. The fraction of sp³-hybridized carbons (Fsp3) is 0.333. The Balaban J connectivity index is 2.64. The van der Waals surface area contributed by atoms with E-state index >= 15 is 0 Å². The van der Waals surface area contributed by atoms with Crippen LogP contribution in [-0.2, 0) is 6.54 Å². The molecule has 1 aromatic carbocycles. The molecule has 1 aromatic rings. The Morgan fingerprint density at radius 3 is 2.93 bits per heavy atom. The molecule has 0 radical (unpaired) electrons. The van der Waals surface area contributed by atoms with Crippen molar-refractivity contribution in [3.8, 4) is 5.75 Å². The van der Waals surface area contributed by atoms with Crippen LogP contribution in [0.5, 0.6) is 5.75 Å². The fourth-order valence-corrected chi connectivity index (χ4v) is 1.20. The molecule has 14 heavy (non-hydrogen) atoms. The van der Waals surface area contributed by atoms with Crippen molar-refractivity contribution < 1.29 is 4.74 Å². The van der Waals surface area contributed by atoms with E-state index in [1.807, 2.05) is 18.2 Å². The maximum Gasteiger partial charge on any atom is 0.124 e. The molecule has 2 nitrogen and oxygen atoms in total. The number of para-hydroxylation sites is 1. The van der Waals surface area contributed by atoms with Gasteiger partial charge in [-0.2, -0.15) is 0 Å². The van der Waals surface area contributed by atoms with Gasteiger partial charge in [-0.05, 0) is 12.6 Å². The van der Waals surface area contributed by atoms with Gasteiger partial charge in [0.25, 0.3) is 0 Å². The first kappa shape index (κ1) is 10.8. The molecule has 0 fully saturated rings. The molecule has 2 heteroatoms. The van der Waals surface area contributed by atoms with Crippen LogP contribution >= 0.6 is 0 Å². The van der Waals surface area contributed by atoms with Crippen LogP contribution in [0.25, 0.3) is 0 Å². The topological polar surface area (TPSA) is 21.3 Å². The van der Waals surface area contributed by atoms with E-state index < -0.39 is 0 Å². The predicted molar refractivity (Wildman–Crippen MR) is 59.5 cm³/mol. The van der Waals surface area contributed by atoms with Crippen molar-refractivity contribution in [2.75, 3.05) is 13.2 Å². The molecule has 0 aromatic heterocycles. The lowest BCUT2D eigenvalue weighted by Crippen LogP contribution is -2.12. The molecular formula is C12H17NO. The molecule has 1 rings (SSSR count). The summed E-state index contributed by atoms with van der Waals surface area (Å²) in [4.78, 5) is 0. The molecule has 0 atom stereocenters. The van der Waals surface area contributed by atoms with Crippen LogP contribution in [-0.4, -0.2) is 13.2 Å². The van der Waals surface area contributed by atoms with Crippen LogP contribution in [0, 0.1) is 0 Å². The Hall–Kier alpha value is -1.28. The lowest BCUT2D eigenvalue weighted by molar-refractivity contribution is 0.358. The maximum atomic E-state index is 5.53. The maximum absolute atomic E-state index is 5.53. The van der Waals surface area contributed by atoms with Crippen molar-refractivity contribution in [2.24, 2.45) is 0 Å². The second-order valence-electron chi connectivity index (χ2n) is 2.99. The number of hydrogen-bond donors (Lipinski definition) is 1. The van der Waals surface area contributed by atoms with E-state index in [4.69, 9.17) is 4.74 Å². The normalized spacial score (nSPS) is 9.79. The molecule has 0 saturated carbocycles. The SMILES string of the molecule is C=CCOc1ccccc1CNCC. The number of rotatable bonds is 6. The van der Waals surface area contributed by atoms with Crippen molar-refractivity contribution in [2.45, 2.75) is 13.5 Å². The monoisotopic (exact) mass is 191 g/mol. The van der Waals surface area contributed by atoms with Gasteiger partial charge in [0.1, 0.15) is 12.4 Å². The highest BCUT2D eigenvalue weighted by Gasteiger charge is 2.00. The van der Waals surface area contributed by atoms with Gasteiger partial charge in [0.2, 0.25) is 0 Å². The molecule has 0 amide bonds. The summed E-state index contributed by atoms with van der Waals surface area (Å²) in [7, 11) is 0. The Labute approximate surface area is 85.6 Å². The Bertz CT molecular complexity index is 283. The minimum Gasteiger partial charge on any atom is -0.489 e. The molecule has 0 aliphatic heterocycles. The van der Waals surface area contributed by atoms with Gasteiger partial charge in [-0.25, -0.2) is 0 Å². The van der Waals surface area contributed by atoms with Crippen molar-refractivity contribution in [3.05, 3.63) is 42.5 Å². The minimum atomic E-state index is 0.559. The van der Waals surface area contributed by atoms with E-state index in [1.165, 1.54) is 5.56 Å². The van der Waals surface area contributed by atoms with Gasteiger partial charge in [-0.1, -0.05) is 37.8 Å². The van der Waals surface area contributed by atoms with E-state index in [1.54, 1.807) is 6.08 Å². The summed E-state index contributed by atoms with van der Waals surface area (Å²) < 4.78 is 5.53. The van der Waals surface area contributed by atoms with Gasteiger partial charge in [0.05, 0.1) is 0 Å². The molecule has 76 valence electrons. The third-order valence-corrected chi connectivity index (χ3v) is 1.89. The van der Waals surface area contributed by atoms with E-state index in [0.717, 1.165) is 18.8 Å². The highest BCUT2D eigenvalue weighted by atomic mass is 16.5. The van der Waals surface area contributed by atoms with Crippen LogP contribution in [0.4, 0.5) is 0 Å². The van der Waals surface area contributed by atoms with E-state index in [2.05, 4.69) is 24.9 Å². The molecule has 1 N–H and O–H groups in total. The first-order valence-corrected chi connectivity index (χ1v) is 4.90. The van der Waals surface area contributed by atoms with E-state index in [0.29, 0.717) is 6.61 Å². The molecule has 0 heterocycles. The van der Waals surface area contributed by atoms with Gasteiger partial charge in [0, 0.05) is 12.1 Å². The lowest BCUT2D eigenvalue weighted by Gasteiger charge is -2.09. The molecule has 0 unspecified atom stereocenters. The van der Waals surface area contributed by atoms with Crippen molar-refractivity contribution in [1.82, 2.24) is 5.32 Å². The van der Waals surface area contributed by atoms with Gasteiger partial charge in [-0.3, -0.25) is 0 Å². The molecule has 0 bridgehead atoms. The summed E-state index contributed by atoms with van der Waals surface area (Å²) in [6, 6.07) is 8.05. The predicted octanol–water partition coefficient (Wildman–Crippen LogP) is 2.36. The number of hydrogen-bond acceptors (Lipinski definition) is 2. The number of nitrogens with one attached hydrogen (secondary N) is 1. The summed E-state index contributed by atoms with van der Waals surface area (Å²) in [5, 5.41) is 3.28. The Morgan fingerprint density at radius 2 is 2.21 bits per heavy atom. The van der Waals surface area contributed by atoms with Crippen LogP contribution in [0.1, 0.15) is 12.5 Å². The average molecular weight is 191 g/mol. The quantitative estimate of drug-likeness (QED) is 0.697. The zero-order valence-electron chi connectivity index (χ0n) is 8.62. The van der Waals surface area contributed by atoms with Gasteiger partial charge < -0.3 is 10.1 Å². The fourth-order valence-electron chi connectivity index (χ4n) is 1.20. The summed E-state index contributed by atoms with van der Waals surface area (Å²) in [5.74, 6) is 0.938. The Morgan fingerprint density at radius 1 is 1.43 bits per heavy atom. The third-order valence-electron chi connectivity index (χ3n) is 1.89. The zero-order valence-corrected chi connectivity index (χ0v) is 8.62. The highest BCUT2D eigenvalue weighted by Crippen LogP contribution is 2.17. The van der Waals surface area contributed by atoms with Crippen LogP contribution in [0.15, 0.2) is 36.9 Å². The number of benzene rings is 1.